The first-order valence-corrected chi connectivity index (χ1v) is 12.0. The topological polar surface area (TPSA) is 52.6 Å². The lowest BCUT2D eigenvalue weighted by atomic mass is 9.91. The zero-order valence-corrected chi connectivity index (χ0v) is 24.4. The molecule has 0 saturated carbocycles. The molecular weight excluding hydrogens is 860 g/mol. The number of hydrogen-bond donors (Lipinski definition) is 0. The van der Waals surface area contributed by atoms with Crippen LogP contribution in [0, 0.1) is 0 Å². The van der Waals surface area contributed by atoms with Crippen molar-refractivity contribution in [2.75, 3.05) is 13.2 Å². The summed E-state index contributed by atoms with van der Waals surface area (Å²) in [6.45, 7) is 0.301. The van der Waals surface area contributed by atoms with E-state index in [0.29, 0.717) is 6.08 Å². The van der Waals surface area contributed by atoms with Crippen LogP contribution in [0.25, 0.3) is 0 Å². The fraction of sp³-hybridized carbons (Fsp3) is 0.727. The normalized spacial score (nSPS) is 15.2. The molecule has 0 N–H and O–H groups in total. The number of hydrogen-bond acceptors (Lipinski definition) is 4. The van der Waals surface area contributed by atoms with Gasteiger partial charge in [0.2, 0.25) is 0 Å². The van der Waals surface area contributed by atoms with Gasteiger partial charge in [-0.15, -0.1) is 0 Å². The minimum atomic E-state index is -8.37. The second-order valence-corrected chi connectivity index (χ2v) is 9.51. The number of carbonyl (C=O) groups is 2. The van der Waals surface area contributed by atoms with Crippen molar-refractivity contribution < 1.29 is 142 Å². The minimum absolute atomic E-state index is 0.0149. The fourth-order valence-electron chi connectivity index (χ4n) is 2.61. The van der Waals surface area contributed by atoms with Crippen molar-refractivity contribution in [1.82, 2.24) is 0 Å². The van der Waals surface area contributed by atoms with Gasteiger partial charge in [0.1, 0.15) is 0 Å². The van der Waals surface area contributed by atoms with Crippen LogP contribution in [0.3, 0.4) is 0 Å². The van der Waals surface area contributed by atoms with Gasteiger partial charge in [-0.25, -0.2) is 9.59 Å². The number of esters is 2. The van der Waals surface area contributed by atoms with Crippen molar-refractivity contribution in [3.05, 3.63) is 25.3 Å². The second-order valence-electron chi connectivity index (χ2n) is 9.51. The Morgan fingerprint density at radius 3 is 0.889 bits per heavy atom. The number of rotatable bonds is 16. The van der Waals surface area contributed by atoms with Gasteiger partial charge in [0.05, 0.1) is 13.0 Å². The molecule has 0 aromatic heterocycles. The first kappa shape index (κ1) is 52.6. The standard InChI is InChI=1S/C11H5F15O2.C11H7F13O2/c1-2-4(27)28-3-5(12,13)6(14,15)7(16,17)8(18,19)9(20,21)10(22,23)11(24,25)26;1-2-5(25)26-4-3-6(12,13)7(14,15)8(16,17)9(18,19)10(20,21)11(22,23)24/h2H,1,3H2;2H,1,3-4H2. The summed E-state index contributed by atoms with van der Waals surface area (Å²) in [6.07, 6.45) is -17.4. The van der Waals surface area contributed by atoms with Crippen LogP contribution >= 0.6 is 0 Å². The van der Waals surface area contributed by atoms with E-state index in [1.807, 2.05) is 0 Å². The Balaban J connectivity index is 0. The third kappa shape index (κ3) is 8.63. The molecule has 0 aliphatic carbocycles. The molecule has 0 amide bonds. The maximum absolute atomic E-state index is 13.2. The third-order valence-corrected chi connectivity index (χ3v) is 5.78. The van der Waals surface area contributed by atoms with E-state index in [0.717, 1.165) is 0 Å². The van der Waals surface area contributed by atoms with Crippen LogP contribution in [0.2, 0.25) is 0 Å². The summed E-state index contributed by atoms with van der Waals surface area (Å²) in [5, 5.41) is 0. The molecule has 0 heterocycles. The van der Waals surface area contributed by atoms with Crippen LogP contribution in [0.15, 0.2) is 25.3 Å². The van der Waals surface area contributed by atoms with Gasteiger partial charge in [0.15, 0.2) is 6.61 Å². The average Bonchev–Trinajstić information content (AvgIpc) is 2.97. The van der Waals surface area contributed by atoms with E-state index in [-0.39, 0.29) is 6.08 Å². The van der Waals surface area contributed by atoms with Crippen molar-refractivity contribution in [3.8, 4) is 0 Å². The summed E-state index contributed by atoms with van der Waals surface area (Å²) < 4.78 is 363. The fourth-order valence-corrected chi connectivity index (χ4v) is 2.61. The number of ether oxygens (including phenoxy) is 2. The van der Waals surface area contributed by atoms with Gasteiger partial charge in [-0.05, 0) is 0 Å². The summed E-state index contributed by atoms with van der Waals surface area (Å²) in [7, 11) is 0. The molecule has 54 heavy (non-hydrogen) atoms. The summed E-state index contributed by atoms with van der Waals surface area (Å²) in [5.74, 6) is -87.9. The van der Waals surface area contributed by atoms with Gasteiger partial charge in [-0.3, -0.25) is 0 Å². The maximum Gasteiger partial charge on any atom is 0.460 e. The van der Waals surface area contributed by atoms with E-state index in [1.54, 1.807) is 0 Å². The van der Waals surface area contributed by atoms with E-state index in [9.17, 15) is 133 Å². The molecule has 32 heteroatoms. The molecule has 0 bridgehead atoms. The highest BCUT2D eigenvalue weighted by atomic mass is 19.4. The number of halogens is 28. The van der Waals surface area contributed by atoms with Crippen molar-refractivity contribution in [1.29, 1.82) is 0 Å². The molecule has 0 saturated heterocycles. The van der Waals surface area contributed by atoms with Crippen molar-refractivity contribution in [2.24, 2.45) is 0 Å². The maximum atomic E-state index is 13.2. The van der Waals surface area contributed by atoms with Crippen LogP contribution in [0.1, 0.15) is 6.42 Å². The Labute approximate surface area is 277 Å². The molecule has 0 atom stereocenters. The second kappa shape index (κ2) is 15.2. The minimum Gasteiger partial charge on any atom is -0.462 e. The Morgan fingerprint density at radius 2 is 0.611 bits per heavy atom. The smallest absolute Gasteiger partial charge is 0.460 e. The Bertz CT molecular complexity index is 1340. The molecule has 0 radical (unpaired) electrons. The van der Waals surface area contributed by atoms with E-state index >= 15 is 0 Å². The highest BCUT2D eigenvalue weighted by molar-refractivity contribution is 5.81. The number of carbonyl (C=O) groups excluding carboxylic acids is 2. The molecule has 0 aliphatic heterocycles. The molecule has 0 fully saturated rings. The van der Waals surface area contributed by atoms with Crippen molar-refractivity contribution in [2.45, 2.75) is 83.9 Å². The lowest BCUT2D eigenvalue weighted by Gasteiger charge is -2.41. The van der Waals surface area contributed by atoms with Crippen LogP contribution in [0.4, 0.5) is 123 Å². The molecule has 320 valence electrons. The van der Waals surface area contributed by atoms with Gasteiger partial charge < -0.3 is 9.47 Å². The van der Waals surface area contributed by atoms with Gasteiger partial charge >= 0.3 is 89.4 Å². The molecule has 0 aromatic rings. The molecule has 0 spiro atoms. The van der Waals surface area contributed by atoms with Gasteiger partial charge in [-0.2, -0.15) is 123 Å². The lowest BCUT2D eigenvalue weighted by molar-refractivity contribution is -0.453. The summed E-state index contributed by atoms with van der Waals surface area (Å²) >= 11 is 0. The first-order chi connectivity index (χ1) is 23.2. The first-order valence-electron chi connectivity index (χ1n) is 12.0. The molecular formula is C22H12F28O4. The monoisotopic (exact) mass is 872 g/mol. The van der Waals surface area contributed by atoms with E-state index in [2.05, 4.69) is 22.6 Å². The predicted octanol–water partition coefficient (Wildman–Crippen LogP) is 9.93. The Morgan fingerprint density at radius 1 is 0.370 bits per heavy atom. The zero-order chi connectivity index (χ0) is 44.6. The van der Waals surface area contributed by atoms with Gasteiger partial charge in [0, 0.05) is 12.2 Å². The summed E-state index contributed by atoms with van der Waals surface area (Å²) in [5.41, 5.74) is 0. The van der Waals surface area contributed by atoms with Crippen LogP contribution in [-0.4, -0.2) is 103 Å². The molecule has 4 nitrogen and oxygen atoms in total. The lowest BCUT2D eigenvalue weighted by Crippen LogP contribution is -2.73. The molecule has 0 aliphatic rings. The molecule has 0 unspecified atom stereocenters. The van der Waals surface area contributed by atoms with Crippen molar-refractivity contribution >= 4 is 11.9 Å². The van der Waals surface area contributed by atoms with Crippen molar-refractivity contribution in [3.63, 3.8) is 0 Å². The van der Waals surface area contributed by atoms with Crippen LogP contribution < -0.4 is 0 Å². The highest BCUT2D eigenvalue weighted by Gasteiger charge is 2.94. The van der Waals surface area contributed by atoms with E-state index in [4.69, 9.17) is 0 Å². The van der Waals surface area contributed by atoms with E-state index < -0.39 is 109 Å². The zero-order valence-electron chi connectivity index (χ0n) is 24.4. The van der Waals surface area contributed by atoms with Crippen LogP contribution in [-0.2, 0) is 19.1 Å². The summed E-state index contributed by atoms with van der Waals surface area (Å²) in [4.78, 5) is 20.9. The van der Waals surface area contributed by atoms with E-state index in [1.165, 1.54) is 0 Å². The Hall–Kier alpha value is -3.54. The molecule has 0 aromatic carbocycles. The highest BCUT2D eigenvalue weighted by Crippen LogP contribution is 2.63. The summed E-state index contributed by atoms with van der Waals surface area (Å²) in [6, 6.07) is 0. The Kier molecular flexibility index (Phi) is 14.8. The number of alkyl halides is 28. The average molecular weight is 872 g/mol. The molecule has 0 rings (SSSR count). The largest absolute Gasteiger partial charge is 0.462 e. The predicted molar refractivity (Wildman–Crippen MR) is 113 cm³/mol. The quantitative estimate of drug-likeness (QED) is 0.0881. The SMILES string of the molecule is C=CC(=O)OCC(F)(F)C(F)(F)C(F)(F)C(F)(F)C(F)(F)C(F)(F)C(F)(F)F.C=CC(=O)OCCC(F)(F)C(F)(F)C(F)(F)C(F)(F)C(F)(F)C(F)(F)F. The van der Waals surface area contributed by atoms with Gasteiger partial charge in [0.25, 0.3) is 0 Å². The van der Waals surface area contributed by atoms with Crippen LogP contribution in [0.5, 0.6) is 0 Å². The third-order valence-electron chi connectivity index (χ3n) is 5.78. The van der Waals surface area contributed by atoms with Gasteiger partial charge in [-0.1, -0.05) is 13.2 Å².